The summed E-state index contributed by atoms with van der Waals surface area (Å²) in [4.78, 5) is 10.5. The molecule has 0 saturated heterocycles. The van der Waals surface area contributed by atoms with Crippen molar-refractivity contribution in [2.24, 2.45) is 7.05 Å². The van der Waals surface area contributed by atoms with Crippen LogP contribution in [0.3, 0.4) is 0 Å². The Hall–Kier alpha value is -2.88. The van der Waals surface area contributed by atoms with Gasteiger partial charge in [0.1, 0.15) is 5.69 Å². The Kier molecular flexibility index (Phi) is 3.16. The second-order valence-electron chi connectivity index (χ2n) is 4.02. The van der Waals surface area contributed by atoms with E-state index in [1.165, 1.54) is 18.2 Å². The topological polar surface area (TPSA) is 96.8 Å². The van der Waals surface area contributed by atoms with Crippen molar-refractivity contribution in [2.75, 3.05) is 5.32 Å². The molecule has 0 fully saturated rings. The molecule has 1 aromatic heterocycles. The number of rotatable bonds is 3. The van der Waals surface area contributed by atoms with Crippen molar-refractivity contribution < 1.29 is 4.92 Å². The van der Waals surface area contributed by atoms with Gasteiger partial charge in [-0.1, -0.05) is 0 Å². The van der Waals surface area contributed by atoms with E-state index in [0.29, 0.717) is 11.5 Å². The van der Waals surface area contributed by atoms with E-state index in [1.807, 2.05) is 13.0 Å². The summed E-state index contributed by atoms with van der Waals surface area (Å²) in [6.07, 6.45) is 0. The number of hydrogen-bond acceptors (Lipinski definition) is 5. The van der Waals surface area contributed by atoms with Gasteiger partial charge in [-0.15, -0.1) is 0 Å². The van der Waals surface area contributed by atoms with Crippen LogP contribution in [0.4, 0.5) is 17.2 Å². The number of aromatic nitrogens is 2. The lowest BCUT2D eigenvalue weighted by Crippen LogP contribution is -1.99. The summed E-state index contributed by atoms with van der Waals surface area (Å²) in [6, 6.07) is 7.91. The first-order chi connectivity index (χ1) is 9.01. The largest absolute Gasteiger partial charge is 0.333 e. The van der Waals surface area contributed by atoms with E-state index in [0.717, 1.165) is 5.69 Å². The molecule has 1 aromatic carbocycles. The molecule has 0 bridgehead atoms. The summed E-state index contributed by atoms with van der Waals surface area (Å²) in [5.41, 5.74) is 1.33. The van der Waals surface area contributed by atoms with Crippen LogP contribution < -0.4 is 5.32 Å². The van der Waals surface area contributed by atoms with Gasteiger partial charge < -0.3 is 5.32 Å². The van der Waals surface area contributed by atoms with Crippen LogP contribution >= 0.6 is 0 Å². The van der Waals surface area contributed by atoms with Crippen molar-refractivity contribution >= 4 is 17.2 Å². The van der Waals surface area contributed by atoms with E-state index >= 15 is 0 Å². The first-order valence-electron chi connectivity index (χ1n) is 5.47. The fourth-order valence-electron chi connectivity index (χ4n) is 1.62. The van der Waals surface area contributed by atoms with Crippen molar-refractivity contribution in [3.05, 3.63) is 45.6 Å². The van der Waals surface area contributed by atoms with E-state index in [4.69, 9.17) is 5.26 Å². The lowest BCUT2D eigenvalue weighted by atomic mass is 10.2. The van der Waals surface area contributed by atoms with Crippen molar-refractivity contribution in [2.45, 2.75) is 6.92 Å². The third kappa shape index (κ3) is 2.52. The monoisotopic (exact) mass is 257 g/mol. The van der Waals surface area contributed by atoms with E-state index in [9.17, 15) is 10.1 Å². The molecule has 96 valence electrons. The van der Waals surface area contributed by atoms with Crippen molar-refractivity contribution in [1.82, 2.24) is 9.78 Å². The Balaban J connectivity index is 2.39. The van der Waals surface area contributed by atoms with Gasteiger partial charge in [0.2, 0.25) is 0 Å². The zero-order valence-corrected chi connectivity index (χ0v) is 10.4. The van der Waals surface area contributed by atoms with E-state index in [-0.39, 0.29) is 11.3 Å². The molecule has 0 atom stereocenters. The zero-order valence-electron chi connectivity index (χ0n) is 10.4. The second-order valence-corrected chi connectivity index (χ2v) is 4.02. The highest BCUT2D eigenvalue weighted by molar-refractivity contribution is 5.69. The minimum Gasteiger partial charge on any atom is -0.333 e. The minimum absolute atomic E-state index is 0.151. The number of nitro benzene ring substituents is 1. The molecule has 0 radical (unpaired) electrons. The Labute approximate surface area is 109 Å². The average molecular weight is 257 g/mol. The number of hydrogen-bond donors (Lipinski definition) is 1. The molecule has 0 aliphatic heterocycles. The van der Waals surface area contributed by atoms with Gasteiger partial charge in [-0.2, -0.15) is 10.4 Å². The van der Waals surface area contributed by atoms with Gasteiger partial charge in [0.05, 0.1) is 16.6 Å². The number of nitro groups is 1. The van der Waals surface area contributed by atoms with Crippen LogP contribution in [0.15, 0.2) is 24.3 Å². The Morgan fingerprint density at radius 2 is 2.21 bits per heavy atom. The molecule has 0 saturated carbocycles. The third-order valence-electron chi connectivity index (χ3n) is 2.70. The fourth-order valence-corrected chi connectivity index (χ4v) is 1.62. The van der Waals surface area contributed by atoms with Crippen molar-refractivity contribution in [1.29, 1.82) is 5.26 Å². The first kappa shape index (κ1) is 12.6. The van der Waals surface area contributed by atoms with Crippen molar-refractivity contribution in [3.8, 4) is 6.07 Å². The molecule has 7 heteroatoms. The molecule has 1 N–H and O–H groups in total. The first-order valence-corrected chi connectivity index (χ1v) is 5.47. The molecule has 0 unspecified atom stereocenters. The van der Waals surface area contributed by atoms with Crippen LogP contribution in [0.5, 0.6) is 0 Å². The predicted molar refractivity (Wildman–Crippen MR) is 69.0 cm³/mol. The Morgan fingerprint density at radius 3 is 2.74 bits per heavy atom. The molecule has 2 rings (SSSR count). The number of anilines is 2. The van der Waals surface area contributed by atoms with Gasteiger partial charge in [0, 0.05) is 24.9 Å². The normalized spacial score (nSPS) is 9.95. The molecular weight excluding hydrogens is 246 g/mol. The number of aryl methyl sites for hydroxylation is 2. The number of nitriles is 1. The van der Waals surface area contributed by atoms with E-state index in [2.05, 4.69) is 10.4 Å². The number of nitrogens with zero attached hydrogens (tertiary/aromatic N) is 4. The van der Waals surface area contributed by atoms with Crippen LogP contribution in [0, 0.1) is 28.4 Å². The standard InChI is InChI=1S/C12H11N5O2/c1-8-5-12(15-16(8)2)14-10-4-3-9(7-13)6-11(10)17(18)19/h3-6H,1-2H3,(H,14,15). The van der Waals surface area contributed by atoms with Gasteiger partial charge in [-0.3, -0.25) is 14.8 Å². The van der Waals surface area contributed by atoms with Crippen LogP contribution in [-0.2, 0) is 7.05 Å². The van der Waals surface area contributed by atoms with Crippen molar-refractivity contribution in [3.63, 3.8) is 0 Å². The Bertz CT molecular complexity index is 664. The molecule has 2 aromatic rings. The lowest BCUT2D eigenvalue weighted by molar-refractivity contribution is -0.383. The molecular formula is C12H11N5O2. The van der Waals surface area contributed by atoms with Crippen LogP contribution in [-0.4, -0.2) is 14.7 Å². The van der Waals surface area contributed by atoms with Gasteiger partial charge in [-0.05, 0) is 19.1 Å². The lowest BCUT2D eigenvalue weighted by Gasteiger charge is -2.04. The summed E-state index contributed by atoms with van der Waals surface area (Å²) >= 11 is 0. The Morgan fingerprint density at radius 1 is 1.47 bits per heavy atom. The summed E-state index contributed by atoms with van der Waals surface area (Å²) < 4.78 is 1.66. The highest BCUT2D eigenvalue weighted by atomic mass is 16.6. The predicted octanol–water partition coefficient (Wildman–Crippen LogP) is 2.25. The molecule has 0 aliphatic carbocycles. The zero-order chi connectivity index (χ0) is 14.0. The smallest absolute Gasteiger partial charge is 0.294 e. The summed E-state index contributed by atoms with van der Waals surface area (Å²) in [5, 5.41) is 26.8. The molecule has 0 amide bonds. The number of benzene rings is 1. The maximum Gasteiger partial charge on any atom is 0.294 e. The highest BCUT2D eigenvalue weighted by Gasteiger charge is 2.15. The summed E-state index contributed by atoms with van der Waals surface area (Å²) in [6.45, 7) is 1.88. The van der Waals surface area contributed by atoms with E-state index < -0.39 is 4.92 Å². The van der Waals surface area contributed by atoms with Crippen LogP contribution in [0.2, 0.25) is 0 Å². The third-order valence-corrected chi connectivity index (χ3v) is 2.70. The molecule has 7 nitrogen and oxygen atoms in total. The number of nitrogens with one attached hydrogen (secondary N) is 1. The summed E-state index contributed by atoms with van der Waals surface area (Å²) in [5.74, 6) is 0.521. The molecule has 19 heavy (non-hydrogen) atoms. The second kappa shape index (κ2) is 4.78. The van der Waals surface area contributed by atoms with E-state index in [1.54, 1.807) is 17.8 Å². The maximum absolute atomic E-state index is 11.0. The minimum atomic E-state index is -0.529. The average Bonchev–Trinajstić information content (AvgIpc) is 2.68. The fraction of sp³-hybridized carbons (Fsp3) is 0.167. The molecule has 0 spiro atoms. The SMILES string of the molecule is Cc1cc(Nc2ccc(C#N)cc2[N+](=O)[O-])nn1C. The maximum atomic E-state index is 11.0. The highest BCUT2D eigenvalue weighted by Crippen LogP contribution is 2.28. The van der Waals surface area contributed by atoms with Gasteiger partial charge >= 0.3 is 0 Å². The summed E-state index contributed by atoms with van der Waals surface area (Å²) in [7, 11) is 1.79. The quantitative estimate of drug-likeness (QED) is 0.671. The van der Waals surface area contributed by atoms with Gasteiger partial charge in [-0.25, -0.2) is 0 Å². The molecule has 0 aliphatic rings. The van der Waals surface area contributed by atoms with Crippen LogP contribution in [0.25, 0.3) is 0 Å². The van der Waals surface area contributed by atoms with Gasteiger partial charge in [0.25, 0.3) is 5.69 Å². The van der Waals surface area contributed by atoms with Gasteiger partial charge in [0.15, 0.2) is 5.82 Å². The molecule has 1 heterocycles. The van der Waals surface area contributed by atoms with Crippen LogP contribution in [0.1, 0.15) is 11.3 Å².